The Balaban J connectivity index is 1.64. The molecule has 1 saturated heterocycles. The predicted octanol–water partition coefficient (Wildman–Crippen LogP) is 1.34. The molecule has 1 aromatic carbocycles. The van der Waals surface area contributed by atoms with Gasteiger partial charge in [-0.15, -0.1) is 0 Å². The van der Waals surface area contributed by atoms with E-state index in [4.69, 9.17) is 0 Å². The molecule has 1 aliphatic rings. The summed E-state index contributed by atoms with van der Waals surface area (Å²) in [5.74, 6) is 1.07. The molecule has 0 atom stereocenters. The molecule has 0 aliphatic carbocycles. The highest BCUT2D eigenvalue weighted by Gasteiger charge is 2.17. The molecule has 0 spiro atoms. The topological polar surface area (TPSA) is 60.0 Å². The number of piperazine rings is 1. The average molecular weight is 360 g/mol. The lowest BCUT2D eigenvalue weighted by atomic mass is 10.1. The van der Waals surface area contributed by atoms with E-state index in [1.54, 1.807) is 6.92 Å². The molecule has 2 rings (SSSR count). The van der Waals surface area contributed by atoms with E-state index in [1.165, 1.54) is 5.56 Å². The van der Waals surface area contributed by atoms with Crippen molar-refractivity contribution in [3.05, 3.63) is 35.9 Å². The molecular weight excluding hydrogens is 326 g/mol. The molecule has 1 aromatic rings. The molecule has 0 radical (unpaired) electrons. The number of aryl methyl sites for hydroxylation is 1. The van der Waals surface area contributed by atoms with Gasteiger partial charge in [0, 0.05) is 59.3 Å². The van der Waals surface area contributed by atoms with Crippen LogP contribution in [0.1, 0.15) is 25.8 Å². The Morgan fingerprint density at radius 1 is 1.12 bits per heavy atom. The third kappa shape index (κ3) is 7.44. The van der Waals surface area contributed by atoms with Crippen molar-refractivity contribution in [1.82, 2.24) is 20.4 Å². The summed E-state index contributed by atoms with van der Waals surface area (Å²) in [6.45, 7) is 10.8. The Bertz CT molecular complexity index is 553. The highest BCUT2D eigenvalue weighted by molar-refractivity contribution is 5.79. The molecule has 0 bridgehead atoms. The normalized spacial score (nSPS) is 15.8. The van der Waals surface area contributed by atoms with Crippen LogP contribution < -0.4 is 10.6 Å². The van der Waals surface area contributed by atoms with Gasteiger partial charge >= 0.3 is 0 Å². The molecule has 144 valence electrons. The number of hydrogen-bond acceptors (Lipinski definition) is 3. The fourth-order valence-electron chi connectivity index (χ4n) is 3.08. The lowest BCUT2D eigenvalue weighted by Gasteiger charge is -2.34. The first kappa shape index (κ1) is 20.2. The van der Waals surface area contributed by atoms with Gasteiger partial charge in [-0.25, -0.2) is 0 Å². The number of hydrogen-bond donors (Lipinski definition) is 2. The van der Waals surface area contributed by atoms with E-state index in [-0.39, 0.29) is 5.91 Å². The minimum absolute atomic E-state index is 0.180. The van der Waals surface area contributed by atoms with Crippen LogP contribution in [0.15, 0.2) is 35.3 Å². The molecule has 6 nitrogen and oxygen atoms in total. The Morgan fingerprint density at radius 2 is 1.85 bits per heavy atom. The smallest absolute Gasteiger partial charge is 0.219 e. The number of nitrogens with one attached hydrogen (secondary N) is 2. The third-order valence-electron chi connectivity index (χ3n) is 4.62. The Kier molecular flexibility index (Phi) is 8.96. The van der Waals surface area contributed by atoms with Crippen molar-refractivity contribution in [2.75, 3.05) is 52.4 Å². The van der Waals surface area contributed by atoms with Crippen LogP contribution in [0.3, 0.4) is 0 Å². The molecule has 1 aliphatic heterocycles. The van der Waals surface area contributed by atoms with Crippen LogP contribution in [-0.4, -0.2) is 74.0 Å². The minimum Gasteiger partial charge on any atom is -0.357 e. The van der Waals surface area contributed by atoms with Crippen LogP contribution in [0.2, 0.25) is 0 Å². The molecule has 2 N–H and O–H groups in total. The zero-order valence-electron chi connectivity index (χ0n) is 16.2. The Labute approximate surface area is 157 Å². The van der Waals surface area contributed by atoms with Gasteiger partial charge in [-0.05, 0) is 25.3 Å². The molecular formula is C20H33N5O. The average Bonchev–Trinajstić information content (AvgIpc) is 2.66. The van der Waals surface area contributed by atoms with Gasteiger partial charge in [0.2, 0.25) is 5.91 Å². The highest BCUT2D eigenvalue weighted by atomic mass is 16.2. The second-order valence-electron chi connectivity index (χ2n) is 6.62. The van der Waals surface area contributed by atoms with Gasteiger partial charge in [-0.1, -0.05) is 30.3 Å². The summed E-state index contributed by atoms with van der Waals surface area (Å²) in [5.41, 5.74) is 1.37. The van der Waals surface area contributed by atoms with Crippen LogP contribution in [0.4, 0.5) is 0 Å². The second-order valence-corrected chi connectivity index (χ2v) is 6.62. The molecule has 0 saturated carbocycles. The number of guanidine groups is 1. The maximum Gasteiger partial charge on any atom is 0.219 e. The van der Waals surface area contributed by atoms with E-state index < -0.39 is 0 Å². The summed E-state index contributed by atoms with van der Waals surface area (Å²) >= 11 is 0. The van der Waals surface area contributed by atoms with Gasteiger partial charge in [0.05, 0.1) is 0 Å². The van der Waals surface area contributed by atoms with Crippen LogP contribution in [0, 0.1) is 0 Å². The minimum atomic E-state index is 0.180. The van der Waals surface area contributed by atoms with Gasteiger partial charge in [-0.3, -0.25) is 14.7 Å². The van der Waals surface area contributed by atoms with Gasteiger partial charge in [-0.2, -0.15) is 0 Å². The number of rotatable bonds is 8. The molecule has 0 aromatic heterocycles. The van der Waals surface area contributed by atoms with Crippen molar-refractivity contribution in [2.24, 2.45) is 4.99 Å². The summed E-state index contributed by atoms with van der Waals surface area (Å²) in [6.07, 6.45) is 2.11. The number of carbonyl (C=O) groups is 1. The third-order valence-corrected chi connectivity index (χ3v) is 4.62. The Hall–Kier alpha value is -2.08. The fraction of sp³-hybridized carbons (Fsp3) is 0.600. The van der Waals surface area contributed by atoms with E-state index >= 15 is 0 Å². The molecule has 26 heavy (non-hydrogen) atoms. The SMILES string of the molecule is CCNC(=NCCCc1ccccc1)NCCN1CCN(C(C)=O)CC1. The Morgan fingerprint density at radius 3 is 2.50 bits per heavy atom. The summed E-state index contributed by atoms with van der Waals surface area (Å²) in [6, 6.07) is 10.5. The summed E-state index contributed by atoms with van der Waals surface area (Å²) < 4.78 is 0. The maximum absolute atomic E-state index is 11.4. The van der Waals surface area contributed by atoms with Crippen LogP contribution in [-0.2, 0) is 11.2 Å². The van der Waals surface area contributed by atoms with Crippen molar-refractivity contribution in [2.45, 2.75) is 26.7 Å². The first-order valence-corrected chi connectivity index (χ1v) is 9.73. The van der Waals surface area contributed by atoms with Crippen LogP contribution in [0.25, 0.3) is 0 Å². The summed E-state index contributed by atoms with van der Waals surface area (Å²) in [4.78, 5) is 20.4. The van der Waals surface area contributed by atoms with Crippen molar-refractivity contribution >= 4 is 11.9 Å². The quantitative estimate of drug-likeness (QED) is 0.418. The largest absolute Gasteiger partial charge is 0.357 e. The number of aliphatic imine (C=N–C) groups is 1. The molecule has 1 fully saturated rings. The highest BCUT2D eigenvalue weighted by Crippen LogP contribution is 2.02. The van der Waals surface area contributed by atoms with Crippen molar-refractivity contribution < 1.29 is 4.79 Å². The van der Waals surface area contributed by atoms with Crippen LogP contribution in [0.5, 0.6) is 0 Å². The first-order valence-electron chi connectivity index (χ1n) is 9.73. The van der Waals surface area contributed by atoms with Gasteiger partial charge in [0.1, 0.15) is 0 Å². The zero-order chi connectivity index (χ0) is 18.6. The predicted molar refractivity (Wildman–Crippen MR) is 107 cm³/mol. The summed E-state index contributed by atoms with van der Waals surface area (Å²) in [7, 11) is 0. The van der Waals surface area contributed by atoms with Crippen molar-refractivity contribution in [1.29, 1.82) is 0 Å². The first-order chi connectivity index (χ1) is 12.7. The zero-order valence-corrected chi connectivity index (χ0v) is 16.2. The summed E-state index contributed by atoms with van der Waals surface area (Å²) in [5, 5.41) is 6.73. The van der Waals surface area contributed by atoms with Crippen LogP contribution >= 0.6 is 0 Å². The van der Waals surface area contributed by atoms with Crippen molar-refractivity contribution in [3.8, 4) is 0 Å². The number of amides is 1. The van der Waals surface area contributed by atoms with Gasteiger partial charge in [0.25, 0.3) is 0 Å². The van der Waals surface area contributed by atoms with E-state index in [0.29, 0.717) is 0 Å². The lowest BCUT2D eigenvalue weighted by Crippen LogP contribution is -2.50. The van der Waals surface area contributed by atoms with E-state index in [0.717, 1.165) is 71.2 Å². The molecule has 6 heteroatoms. The maximum atomic E-state index is 11.4. The number of carbonyl (C=O) groups excluding carboxylic acids is 1. The fourth-order valence-corrected chi connectivity index (χ4v) is 3.08. The number of nitrogens with zero attached hydrogens (tertiary/aromatic N) is 3. The molecule has 0 unspecified atom stereocenters. The van der Waals surface area contributed by atoms with E-state index in [9.17, 15) is 4.79 Å². The van der Waals surface area contributed by atoms with E-state index in [2.05, 4.69) is 57.8 Å². The van der Waals surface area contributed by atoms with Gasteiger partial charge < -0.3 is 15.5 Å². The van der Waals surface area contributed by atoms with Gasteiger partial charge in [0.15, 0.2) is 5.96 Å². The standard InChI is InChI=1S/C20H33N5O/c1-3-21-20(22-11-7-10-19-8-5-4-6-9-19)23-12-13-24-14-16-25(17-15-24)18(2)26/h4-6,8-9H,3,7,10-17H2,1-2H3,(H2,21,22,23). The second kappa shape index (κ2) is 11.5. The lowest BCUT2D eigenvalue weighted by molar-refractivity contribution is -0.130. The monoisotopic (exact) mass is 359 g/mol. The van der Waals surface area contributed by atoms with E-state index in [1.807, 2.05) is 4.90 Å². The molecule has 1 amide bonds. The molecule has 1 heterocycles. The number of benzene rings is 1. The van der Waals surface area contributed by atoms with Crippen molar-refractivity contribution in [3.63, 3.8) is 0 Å².